The van der Waals surface area contributed by atoms with Gasteiger partial charge in [0.25, 0.3) is 0 Å². The molecule has 2 atom stereocenters. The molecule has 0 amide bonds. The van der Waals surface area contributed by atoms with Crippen LogP contribution in [0.4, 0.5) is 11.4 Å². The molecule has 0 saturated heterocycles. The second kappa shape index (κ2) is 11.1. The number of nitrogens with zero attached hydrogens (tertiary/aromatic N) is 4. The number of hydrogen-bond donors (Lipinski definition) is 0. The molecule has 6 heteroatoms. The topological polar surface area (TPSA) is 55.1 Å². The number of rotatable bonds is 4. The first-order chi connectivity index (χ1) is 25.3. The zero-order chi connectivity index (χ0) is 33.5. The van der Waals surface area contributed by atoms with E-state index < -0.39 is 0 Å². The molecule has 4 heterocycles. The van der Waals surface area contributed by atoms with Crippen molar-refractivity contribution in [3.05, 3.63) is 163 Å². The Hall–Kier alpha value is -6.37. The average Bonchev–Trinajstić information content (AvgIpc) is 3.86. The number of anilines is 2. The van der Waals surface area contributed by atoms with Gasteiger partial charge in [-0.1, -0.05) is 115 Å². The molecule has 2 unspecified atom stereocenters. The van der Waals surface area contributed by atoms with Crippen molar-refractivity contribution in [2.24, 2.45) is 0 Å². The molecule has 3 aromatic heterocycles. The number of aromatic nitrogens is 3. The first-order valence-electron chi connectivity index (χ1n) is 17.2. The van der Waals surface area contributed by atoms with Crippen molar-refractivity contribution in [1.29, 1.82) is 0 Å². The van der Waals surface area contributed by atoms with Crippen molar-refractivity contribution >= 4 is 64.8 Å². The maximum Gasteiger partial charge on any atom is 0.164 e. The van der Waals surface area contributed by atoms with Crippen LogP contribution in [0.5, 0.6) is 0 Å². The fourth-order valence-electron chi connectivity index (χ4n) is 7.92. The number of fused-ring (bicyclic) bond motifs is 9. The molecule has 1 aliphatic carbocycles. The monoisotopic (exact) mass is 672 g/mol. The third-order valence-corrected chi connectivity index (χ3v) is 11.4. The third-order valence-electron chi connectivity index (χ3n) is 10.2. The van der Waals surface area contributed by atoms with E-state index in [4.69, 9.17) is 19.4 Å². The Labute approximate surface area is 297 Å². The zero-order valence-corrected chi connectivity index (χ0v) is 28.1. The molecule has 5 nitrogen and oxygen atoms in total. The number of benzene rings is 6. The van der Waals surface area contributed by atoms with Crippen LogP contribution < -0.4 is 4.90 Å². The fraction of sp³-hybridized carbons (Fsp3) is 0.0444. The van der Waals surface area contributed by atoms with Crippen LogP contribution in [-0.4, -0.2) is 21.0 Å². The van der Waals surface area contributed by atoms with Gasteiger partial charge in [-0.15, -0.1) is 11.3 Å². The number of allylic oxidation sites excluding steroid dienone is 2. The van der Waals surface area contributed by atoms with E-state index >= 15 is 0 Å². The van der Waals surface area contributed by atoms with Crippen LogP contribution in [0.15, 0.2) is 162 Å². The average molecular weight is 673 g/mol. The summed E-state index contributed by atoms with van der Waals surface area (Å²) < 4.78 is 9.20. The number of para-hydroxylation sites is 1. The molecule has 0 spiro atoms. The molecule has 11 rings (SSSR count). The minimum Gasteiger partial charge on any atom is -0.456 e. The van der Waals surface area contributed by atoms with Crippen LogP contribution in [0, 0.1) is 0 Å². The van der Waals surface area contributed by atoms with Gasteiger partial charge in [-0.05, 0) is 48.0 Å². The molecular weight excluding hydrogens is 645 g/mol. The predicted molar refractivity (Wildman–Crippen MR) is 210 cm³/mol. The highest BCUT2D eigenvalue weighted by Crippen LogP contribution is 2.51. The van der Waals surface area contributed by atoms with Crippen molar-refractivity contribution < 1.29 is 4.42 Å². The summed E-state index contributed by atoms with van der Waals surface area (Å²) in [6.45, 7) is 0. The first kappa shape index (κ1) is 28.5. The standard InChI is InChI=1S/C45H28N4OS/c1-3-12-27(13-4-1)43-46-44(28-14-5-2-6-15-28)48-45(47-43)29-22-23-32-33-26-41-34(25-39(33)50-38(32)24-29)42-37(20-11-21-40(42)51-41)49-35-18-9-7-16-30(35)31-17-8-10-19-36(31)49/h1-26,30,35H. The summed E-state index contributed by atoms with van der Waals surface area (Å²) in [7, 11) is 0. The summed E-state index contributed by atoms with van der Waals surface area (Å²) >= 11 is 1.84. The van der Waals surface area contributed by atoms with Crippen LogP contribution in [0.25, 0.3) is 76.3 Å². The molecule has 51 heavy (non-hydrogen) atoms. The lowest BCUT2D eigenvalue weighted by Crippen LogP contribution is -2.28. The van der Waals surface area contributed by atoms with Crippen LogP contribution >= 0.6 is 11.3 Å². The lowest BCUT2D eigenvalue weighted by Gasteiger charge is -2.29. The summed E-state index contributed by atoms with van der Waals surface area (Å²) in [5, 5.41) is 4.66. The maximum absolute atomic E-state index is 6.68. The number of furan rings is 1. The van der Waals surface area contributed by atoms with E-state index in [1.54, 1.807) is 0 Å². The van der Waals surface area contributed by atoms with Crippen LogP contribution in [-0.2, 0) is 0 Å². The second-order valence-corrected chi connectivity index (χ2v) is 14.2. The van der Waals surface area contributed by atoms with Gasteiger partial charge in [0.05, 0.1) is 11.7 Å². The largest absolute Gasteiger partial charge is 0.456 e. The van der Waals surface area contributed by atoms with Crippen LogP contribution in [0.1, 0.15) is 11.5 Å². The maximum atomic E-state index is 6.68. The molecule has 0 bridgehead atoms. The SMILES string of the molecule is C1=CC2c3ccccc3N(c3cccc4sc5cc6c(cc5c34)oc3cc(-c4nc(-c5ccccc5)nc(-c5ccccc5)n4)ccc36)C2C=C1. The molecule has 9 aromatic rings. The van der Waals surface area contributed by atoms with Gasteiger partial charge in [-0.25, -0.2) is 15.0 Å². The minimum atomic E-state index is 0.238. The van der Waals surface area contributed by atoms with Gasteiger partial charge >= 0.3 is 0 Å². The lowest BCUT2D eigenvalue weighted by atomic mass is 9.91. The van der Waals surface area contributed by atoms with Crippen molar-refractivity contribution in [1.82, 2.24) is 15.0 Å². The summed E-state index contributed by atoms with van der Waals surface area (Å²) in [5.74, 6) is 2.22. The summed E-state index contributed by atoms with van der Waals surface area (Å²) in [6.07, 6.45) is 9.03. The van der Waals surface area contributed by atoms with E-state index in [0.717, 1.165) is 38.6 Å². The molecule has 240 valence electrons. The van der Waals surface area contributed by atoms with E-state index in [2.05, 4.69) is 102 Å². The minimum absolute atomic E-state index is 0.238. The summed E-state index contributed by atoms with van der Waals surface area (Å²) in [5.41, 5.74) is 8.33. The van der Waals surface area contributed by atoms with Gasteiger partial charge in [-0.2, -0.15) is 0 Å². The Morgan fingerprint density at radius 1 is 0.510 bits per heavy atom. The molecule has 0 saturated carbocycles. The first-order valence-corrected chi connectivity index (χ1v) is 18.0. The Kier molecular flexibility index (Phi) is 6.18. The highest BCUT2D eigenvalue weighted by atomic mass is 32.1. The van der Waals surface area contributed by atoms with Gasteiger partial charge in [0.1, 0.15) is 11.2 Å². The van der Waals surface area contributed by atoms with E-state index in [1.807, 2.05) is 72.0 Å². The molecule has 0 N–H and O–H groups in total. The molecule has 0 fully saturated rings. The van der Waals surface area contributed by atoms with E-state index in [1.165, 1.54) is 37.1 Å². The van der Waals surface area contributed by atoms with E-state index in [9.17, 15) is 0 Å². The van der Waals surface area contributed by atoms with E-state index in [-0.39, 0.29) is 6.04 Å². The molecule has 2 aliphatic rings. The van der Waals surface area contributed by atoms with Gasteiger partial charge in [0.15, 0.2) is 17.5 Å². The fourth-order valence-corrected chi connectivity index (χ4v) is 9.07. The van der Waals surface area contributed by atoms with Crippen molar-refractivity contribution in [2.75, 3.05) is 4.90 Å². The third kappa shape index (κ3) is 4.43. The molecule has 6 aromatic carbocycles. The summed E-state index contributed by atoms with van der Waals surface area (Å²) in [6, 6.07) is 46.8. The van der Waals surface area contributed by atoms with Gasteiger partial charge in [0.2, 0.25) is 0 Å². The van der Waals surface area contributed by atoms with Crippen molar-refractivity contribution in [3.8, 4) is 34.2 Å². The normalized spacial score (nSPS) is 16.4. The summed E-state index contributed by atoms with van der Waals surface area (Å²) in [4.78, 5) is 17.3. The van der Waals surface area contributed by atoms with Gasteiger partial charge in [0, 0.05) is 59.2 Å². The van der Waals surface area contributed by atoms with Crippen molar-refractivity contribution in [3.63, 3.8) is 0 Å². The number of hydrogen-bond acceptors (Lipinski definition) is 6. The molecular formula is C45H28N4OS. The van der Waals surface area contributed by atoms with E-state index in [0.29, 0.717) is 23.4 Å². The number of thiophene rings is 1. The zero-order valence-electron chi connectivity index (χ0n) is 27.3. The second-order valence-electron chi connectivity index (χ2n) is 13.2. The Bertz CT molecular complexity index is 2830. The van der Waals surface area contributed by atoms with Crippen LogP contribution in [0.3, 0.4) is 0 Å². The Balaban J connectivity index is 1.06. The van der Waals surface area contributed by atoms with Crippen molar-refractivity contribution in [2.45, 2.75) is 12.0 Å². The van der Waals surface area contributed by atoms with Gasteiger partial charge < -0.3 is 9.32 Å². The molecule has 0 radical (unpaired) electrons. The predicted octanol–water partition coefficient (Wildman–Crippen LogP) is 11.9. The Morgan fingerprint density at radius 2 is 1.18 bits per heavy atom. The highest BCUT2D eigenvalue weighted by molar-refractivity contribution is 7.26. The quantitative estimate of drug-likeness (QED) is 0.186. The highest BCUT2D eigenvalue weighted by Gasteiger charge is 2.38. The lowest BCUT2D eigenvalue weighted by molar-refractivity contribution is 0.669. The van der Waals surface area contributed by atoms with Gasteiger partial charge in [-0.3, -0.25) is 0 Å². The smallest absolute Gasteiger partial charge is 0.164 e. The Morgan fingerprint density at radius 3 is 1.96 bits per heavy atom. The molecule has 1 aliphatic heterocycles. The van der Waals surface area contributed by atoms with Crippen LogP contribution in [0.2, 0.25) is 0 Å².